The summed E-state index contributed by atoms with van der Waals surface area (Å²) in [5, 5.41) is 2.89. The Morgan fingerprint density at radius 2 is 2.26 bits per heavy atom. The Balaban J connectivity index is 1.69. The number of hydrogen-bond acceptors (Lipinski definition) is 4. The standard InChI is InChI=1S/C17H25BrN2O3/c1-13(2)10-20-7-8-22-14(11-20)9-19-17(21)12-23-16-6-4-3-5-15(16)18/h3-6,13-14H,7-12H2,1-2H3,(H,19,21). The summed E-state index contributed by atoms with van der Waals surface area (Å²) >= 11 is 3.39. The molecule has 0 spiro atoms. The molecule has 5 nitrogen and oxygen atoms in total. The molecule has 0 aromatic heterocycles. The van der Waals surface area contributed by atoms with Crippen LogP contribution in [-0.2, 0) is 9.53 Å². The van der Waals surface area contributed by atoms with Gasteiger partial charge in [0.25, 0.3) is 5.91 Å². The van der Waals surface area contributed by atoms with Gasteiger partial charge in [0.15, 0.2) is 6.61 Å². The molecule has 1 fully saturated rings. The summed E-state index contributed by atoms with van der Waals surface area (Å²) in [6.45, 7) is 8.57. The topological polar surface area (TPSA) is 50.8 Å². The van der Waals surface area contributed by atoms with Gasteiger partial charge in [-0.15, -0.1) is 0 Å². The zero-order valence-electron chi connectivity index (χ0n) is 13.8. The van der Waals surface area contributed by atoms with E-state index in [0.717, 1.165) is 30.7 Å². The quantitative estimate of drug-likeness (QED) is 0.783. The normalized spacial score (nSPS) is 18.9. The highest BCUT2D eigenvalue weighted by atomic mass is 79.9. The van der Waals surface area contributed by atoms with Crippen LogP contribution in [0.1, 0.15) is 13.8 Å². The molecule has 1 aromatic carbocycles. The zero-order valence-corrected chi connectivity index (χ0v) is 15.3. The van der Waals surface area contributed by atoms with Gasteiger partial charge in [0.05, 0.1) is 17.2 Å². The highest BCUT2D eigenvalue weighted by Gasteiger charge is 2.21. The predicted octanol–water partition coefficient (Wildman–Crippen LogP) is 2.30. The van der Waals surface area contributed by atoms with E-state index in [1.54, 1.807) is 0 Å². The highest BCUT2D eigenvalue weighted by Crippen LogP contribution is 2.23. The Labute approximate surface area is 146 Å². The van der Waals surface area contributed by atoms with E-state index in [1.165, 1.54) is 0 Å². The van der Waals surface area contributed by atoms with Crippen LogP contribution in [0.3, 0.4) is 0 Å². The summed E-state index contributed by atoms with van der Waals surface area (Å²) in [5.41, 5.74) is 0. The van der Waals surface area contributed by atoms with Crippen LogP contribution in [0.15, 0.2) is 28.7 Å². The van der Waals surface area contributed by atoms with Gasteiger partial charge in [-0.2, -0.15) is 0 Å². The van der Waals surface area contributed by atoms with E-state index >= 15 is 0 Å². The Hall–Kier alpha value is -1.11. The second-order valence-electron chi connectivity index (χ2n) is 6.17. The number of carbonyl (C=O) groups excluding carboxylic acids is 1. The van der Waals surface area contributed by atoms with Gasteiger partial charge >= 0.3 is 0 Å². The second-order valence-corrected chi connectivity index (χ2v) is 7.02. The van der Waals surface area contributed by atoms with Gasteiger partial charge in [0, 0.05) is 26.2 Å². The third-order valence-electron chi connectivity index (χ3n) is 3.57. The minimum atomic E-state index is -0.134. The average molecular weight is 385 g/mol. The fourth-order valence-electron chi connectivity index (χ4n) is 2.57. The van der Waals surface area contributed by atoms with Crippen LogP contribution >= 0.6 is 15.9 Å². The SMILES string of the molecule is CC(C)CN1CCOC(CNC(=O)COc2ccccc2Br)C1. The summed E-state index contributed by atoms with van der Waals surface area (Å²) < 4.78 is 12.1. The zero-order chi connectivity index (χ0) is 16.7. The van der Waals surface area contributed by atoms with Crippen molar-refractivity contribution in [3.8, 4) is 5.75 Å². The number of benzene rings is 1. The molecule has 0 aliphatic carbocycles. The van der Waals surface area contributed by atoms with E-state index in [0.29, 0.717) is 18.2 Å². The van der Waals surface area contributed by atoms with Crippen molar-refractivity contribution in [2.24, 2.45) is 5.92 Å². The van der Waals surface area contributed by atoms with Crippen LogP contribution in [0, 0.1) is 5.92 Å². The van der Waals surface area contributed by atoms with Crippen LogP contribution in [0.5, 0.6) is 5.75 Å². The van der Waals surface area contributed by atoms with Crippen molar-refractivity contribution >= 4 is 21.8 Å². The molecule has 6 heteroatoms. The maximum atomic E-state index is 11.9. The van der Waals surface area contributed by atoms with E-state index in [4.69, 9.17) is 9.47 Å². The van der Waals surface area contributed by atoms with E-state index in [1.807, 2.05) is 24.3 Å². The fraction of sp³-hybridized carbons (Fsp3) is 0.588. The van der Waals surface area contributed by atoms with Crippen LogP contribution in [0.2, 0.25) is 0 Å². The van der Waals surface area contributed by atoms with E-state index in [9.17, 15) is 4.79 Å². The van der Waals surface area contributed by atoms with Crippen LogP contribution in [0.4, 0.5) is 0 Å². The van der Waals surface area contributed by atoms with Crippen molar-refractivity contribution < 1.29 is 14.3 Å². The molecule has 1 amide bonds. The maximum absolute atomic E-state index is 11.9. The van der Waals surface area contributed by atoms with Crippen molar-refractivity contribution in [1.82, 2.24) is 10.2 Å². The Morgan fingerprint density at radius 3 is 3.00 bits per heavy atom. The number of ether oxygens (including phenoxy) is 2. The lowest BCUT2D eigenvalue weighted by Crippen LogP contribution is -2.48. The molecule has 0 radical (unpaired) electrons. The molecule has 0 saturated carbocycles. The maximum Gasteiger partial charge on any atom is 0.258 e. The molecule has 0 bridgehead atoms. The van der Waals surface area contributed by atoms with Crippen LogP contribution in [0.25, 0.3) is 0 Å². The molecule has 1 saturated heterocycles. The number of amides is 1. The van der Waals surface area contributed by atoms with Crippen molar-refractivity contribution in [1.29, 1.82) is 0 Å². The first-order chi connectivity index (χ1) is 11.0. The Bertz CT molecular complexity index is 510. The molecule has 128 valence electrons. The van der Waals surface area contributed by atoms with Crippen LogP contribution < -0.4 is 10.1 Å². The number of morpholine rings is 1. The minimum Gasteiger partial charge on any atom is -0.483 e. The van der Waals surface area contributed by atoms with Crippen molar-refractivity contribution in [3.63, 3.8) is 0 Å². The Morgan fingerprint density at radius 1 is 1.48 bits per heavy atom. The lowest BCUT2D eigenvalue weighted by molar-refractivity contribution is -0.124. The molecule has 1 aliphatic rings. The van der Waals surface area contributed by atoms with Crippen LogP contribution in [-0.4, -0.2) is 56.3 Å². The average Bonchev–Trinajstić information content (AvgIpc) is 2.52. The van der Waals surface area contributed by atoms with Crippen molar-refractivity contribution in [2.75, 3.05) is 39.4 Å². The first-order valence-electron chi connectivity index (χ1n) is 8.02. The number of rotatable bonds is 7. The number of halogens is 1. The van der Waals surface area contributed by atoms with Gasteiger partial charge in [-0.1, -0.05) is 26.0 Å². The summed E-state index contributed by atoms with van der Waals surface area (Å²) in [5.74, 6) is 1.17. The first-order valence-corrected chi connectivity index (χ1v) is 8.82. The number of nitrogens with zero attached hydrogens (tertiary/aromatic N) is 1. The van der Waals surface area contributed by atoms with Crippen molar-refractivity contribution in [2.45, 2.75) is 20.0 Å². The van der Waals surface area contributed by atoms with Gasteiger partial charge in [-0.05, 0) is 34.0 Å². The molecule has 1 heterocycles. The smallest absolute Gasteiger partial charge is 0.258 e. The van der Waals surface area contributed by atoms with E-state index in [-0.39, 0.29) is 18.6 Å². The van der Waals surface area contributed by atoms with Crippen molar-refractivity contribution in [3.05, 3.63) is 28.7 Å². The lowest BCUT2D eigenvalue weighted by atomic mass is 10.2. The summed E-state index contributed by atoms with van der Waals surface area (Å²) in [6.07, 6.45) is 0.0508. The number of nitrogens with one attached hydrogen (secondary N) is 1. The first kappa shape index (κ1) is 18.2. The number of hydrogen-bond donors (Lipinski definition) is 1. The number of para-hydroxylation sites is 1. The molecule has 2 rings (SSSR count). The highest BCUT2D eigenvalue weighted by molar-refractivity contribution is 9.10. The Kier molecular flexibility index (Phi) is 7.33. The van der Waals surface area contributed by atoms with Gasteiger partial charge in [-0.25, -0.2) is 0 Å². The lowest BCUT2D eigenvalue weighted by Gasteiger charge is -2.33. The van der Waals surface area contributed by atoms with Gasteiger partial charge in [-0.3, -0.25) is 9.69 Å². The van der Waals surface area contributed by atoms with Gasteiger partial charge in [0.2, 0.25) is 0 Å². The van der Waals surface area contributed by atoms with E-state index < -0.39 is 0 Å². The molecule has 1 unspecified atom stereocenters. The van der Waals surface area contributed by atoms with E-state index in [2.05, 4.69) is 40.0 Å². The molecule has 1 atom stereocenters. The third-order valence-corrected chi connectivity index (χ3v) is 4.22. The largest absolute Gasteiger partial charge is 0.483 e. The molecule has 1 aromatic rings. The molecule has 1 aliphatic heterocycles. The summed E-state index contributed by atoms with van der Waals surface area (Å²) in [6, 6.07) is 7.48. The molecular weight excluding hydrogens is 360 g/mol. The molecule has 23 heavy (non-hydrogen) atoms. The number of carbonyl (C=O) groups is 1. The predicted molar refractivity (Wildman–Crippen MR) is 93.7 cm³/mol. The second kappa shape index (κ2) is 9.25. The minimum absolute atomic E-state index is 0.00500. The van der Waals surface area contributed by atoms with Gasteiger partial charge < -0.3 is 14.8 Å². The summed E-state index contributed by atoms with van der Waals surface area (Å²) in [4.78, 5) is 14.3. The molecular formula is C17H25BrN2O3. The summed E-state index contributed by atoms with van der Waals surface area (Å²) in [7, 11) is 0. The molecule has 1 N–H and O–H groups in total. The third kappa shape index (κ3) is 6.49. The monoisotopic (exact) mass is 384 g/mol. The fourth-order valence-corrected chi connectivity index (χ4v) is 2.97. The van der Waals surface area contributed by atoms with Gasteiger partial charge in [0.1, 0.15) is 5.75 Å².